The van der Waals surface area contributed by atoms with Crippen LogP contribution in [-0.4, -0.2) is 46.2 Å². The minimum Gasteiger partial charge on any atom is -0.465 e. The first-order valence-corrected chi connectivity index (χ1v) is 11.6. The lowest BCUT2D eigenvalue weighted by atomic mass is 10.1. The van der Waals surface area contributed by atoms with E-state index < -0.39 is 21.7 Å². The Morgan fingerprint density at radius 3 is 2.40 bits per heavy atom. The lowest BCUT2D eigenvalue weighted by molar-refractivity contribution is -0.115. The number of carbonyl (C=O) groups excluding carboxylic acids is 2. The summed E-state index contributed by atoms with van der Waals surface area (Å²) in [6.07, 6.45) is 1.88. The SMILES string of the molecule is COC(=O)c1ccc(N2CCCC2)c(NC(=O)CCS(=O)(=O)c2ccc(Cl)cc2)c1. The van der Waals surface area contributed by atoms with E-state index in [-0.39, 0.29) is 17.1 Å². The molecular weight excluding hydrogens is 428 g/mol. The van der Waals surface area contributed by atoms with Gasteiger partial charge >= 0.3 is 5.97 Å². The average Bonchev–Trinajstić information content (AvgIpc) is 3.26. The minimum atomic E-state index is -3.62. The molecule has 0 atom stereocenters. The predicted molar refractivity (Wildman–Crippen MR) is 116 cm³/mol. The Bertz CT molecular complexity index is 1030. The van der Waals surface area contributed by atoms with Crippen LogP contribution in [0.5, 0.6) is 0 Å². The number of esters is 1. The number of nitrogens with one attached hydrogen (secondary N) is 1. The summed E-state index contributed by atoms with van der Waals surface area (Å²) in [5.74, 6) is -1.30. The third-order valence-corrected chi connectivity index (χ3v) is 6.89. The zero-order valence-electron chi connectivity index (χ0n) is 16.6. The van der Waals surface area contributed by atoms with Gasteiger partial charge in [0.05, 0.1) is 34.7 Å². The van der Waals surface area contributed by atoms with Crippen molar-refractivity contribution in [2.75, 3.05) is 36.2 Å². The first-order chi connectivity index (χ1) is 14.3. The largest absolute Gasteiger partial charge is 0.465 e. The second-order valence-corrected chi connectivity index (χ2v) is 9.53. The molecule has 160 valence electrons. The highest BCUT2D eigenvalue weighted by atomic mass is 35.5. The topological polar surface area (TPSA) is 92.8 Å². The number of methoxy groups -OCH3 is 1. The van der Waals surface area contributed by atoms with E-state index in [1.54, 1.807) is 18.2 Å². The maximum absolute atomic E-state index is 12.5. The molecule has 9 heteroatoms. The van der Waals surface area contributed by atoms with Gasteiger partial charge in [0.25, 0.3) is 0 Å². The highest BCUT2D eigenvalue weighted by Crippen LogP contribution is 2.30. The molecule has 1 fully saturated rings. The number of rotatable bonds is 7. The molecule has 7 nitrogen and oxygen atoms in total. The van der Waals surface area contributed by atoms with Crippen molar-refractivity contribution in [1.82, 2.24) is 0 Å². The number of benzene rings is 2. The molecule has 0 unspecified atom stereocenters. The van der Waals surface area contributed by atoms with E-state index >= 15 is 0 Å². The van der Waals surface area contributed by atoms with Gasteiger partial charge in [-0.1, -0.05) is 11.6 Å². The molecule has 0 aromatic heterocycles. The Morgan fingerprint density at radius 1 is 1.10 bits per heavy atom. The smallest absolute Gasteiger partial charge is 0.337 e. The van der Waals surface area contributed by atoms with Crippen LogP contribution in [0, 0.1) is 0 Å². The van der Waals surface area contributed by atoms with Crippen LogP contribution in [0.15, 0.2) is 47.4 Å². The number of anilines is 2. The first kappa shape index (κ1) is 22.1. The monoisotopic (exact) mass is 450 g/mol. The molecule has 0 spiro atoms. The molecule has 1 aliphatic rings. The second kappa shape index (κ2) is 9.49. The molecule has 2 aromatic carbocycles. The van der Waals surface area contributed by atoms with E-state index in [1.165, 1.54) is 31.4 Å². The maximum Gasteiger partial charge on any atom is 0.337 e. The molecule has 1 amide bonds. The van der Waals surface area contributed by atoms with Gasteiger partial charge in [0.15, 0.2) is 9.84 Å². The third kappa shape index (κ3) is 5.31. The number of hydrogen-bond donors (Lipinski definition) is 1. The standard InChI is InChI=1S/C21H23ClN2O5S/c1-29-21(26)15-4-9-19(24-11-2-3-12-24)18(14-15)23-20(25)10-13-30(27,28)17-7-5-16(22)6-8-17/h4-9,14H,2-3,10-13H2,1H3,(H,23,25). The summed E-state index contributed by atoms with van der Waals surface area (Å²) in [6.45, 7) is 1.71. The van der Waals surface area contributed by atoms with E-state index in [0.29, 0.717) is 16.3 Å². The van der Waals surface area contributed by atoms with Crippen molar-refractivity contribution >= 4 is 44.7 Å². The minimum absolute atomic E-state index is 0.116. The van der Waals surface area contributed by atoms with Crippen LogP contribution >= 0.6 is 11.6 Å². The summed E-state index contributed by atoms with van der Waals surface area (Å²) in [4.78, 5) is 26.7. The molecule has 1 aliphatic heterocycles. The molecule has 2 aromatic rings. The van der Waals surface area contributed by atoms with Crippen molar-refractivity contribution < 1.29 is 22.7 Å². The molecule has 1 heterocycles. The summed E-state index contributed by atoms with van der Waals surface area (Å²) in [7, 11) is -2.33. The van der Waals surface area contributed by atoms with Crippen molar-refractivity contribution in [3.05, 3.63) is 53.1 Å². The molecular formula is C21H23ClN2O5S. The highest BCUT2D eigenvalue weighted by Gasteiger charge is 2.21. The molecule has 0 bridgehead atoms. The van der Waals surface area contributed by atoms with E-state index in [4.69, 9.17) is 16.3 Å². The van der Waals surface area contributed by atoms with E-state index in [1.807, 2.05) is 0 Å². The summed E-state index contributed by atoms with van der Waals surface area (Å²) >= 11 is 5.80. The average molecular weight is 451 g/mol. The fraction of sp³-hybridized carbons (Fsp3) is 0.333. The molecule has 0 aliphatic carbocycles. The van der Waals surface area contributed by atoms with Crippen LogP contribution < -0.4 is 10.2 Å². The van der Waals surface area contributed by atoms with E-state index in [0.717, 1.165) is 31.6 Å². The van der Waals surface area contributed by atoms with Crippen molar-refractivity contribution in [3.63, 3.8) is 0 Å². The number of ether oxygens (including phenoxy) is 1. The van der Waals surface area contributed by atoms with Gasteiger partial charge in [0.1, 0.15) is 0 Å². The molecule has 1 N–H and O–H groups in total. The van der Waals surface area contributed by atoms with Crippen LogP contribution in [0.4, 0.5) is 11.4 Å². The van der Waals surface area contributed by atoms with Gasteiger partial charge in [0, 0.05) is 24.5 Å². The maximum atomic E-state index is 12.5. The van der Waals surface area contributed by atoms with Crippen molar-refractivity contribution in [3.8, 4) is 0 Å². The number of nitrogens with zero attached hydrogens (tertiary/aromatic N) is 1. The van der Waals surface area contributed by atoms with Gasteiger partial charge in [-0.05, 0) is 55.3 Å². The Labute approximate surface area is 180 Å². The van der Waals surface area contributed by atoms with Gasteiger partial charge in [-0.2, -0.15) is 0 Å². The van der Waals surface area contributed by atoms with E-state index in [2.05, 4.69) is 10.2 Å². The molecule has 30 heavy (non-hydrogen) atoms. The quantitative estimate of drug-likeness (QED) is 0.648. The molecule has 0 radical (unpaired) electrons. The van der Waals surface area contributed by atoms with Crippen LogP contribution in [0.3, 0.4) is 0 Å². The fourth-order valence-electron chi connectivity index (χ4n) is 3.31. The number of halogens is 1. The van der Waals surface area contributed by atoms with Crippen molar-refractivity contribution in [2.45, 2.75) is 24.2 Å². The predicted octanol–water partition coefficient (Wildman–Crippen LogP) is 3.53. The highest BCUT2D eigenvalue weighted by molar-refractivity contribution is 7.91. The van der Waals surface area contributed by atoms with Crippen molar-refractivity contribution in [1.29, 1.82) is 0 Å². The number of amides is 1. The zero-order chi connectivity index (χ0) is 21.7. The Balaban J connectivity index is 1.74. The summed E-state index contributed by atoms with van der Waals surface area (Å²) < 4.78 is 29.7. The summed E-state index contributed by atoms with van der Waals surface area (Å²) in [5.41, 5.74) is 1.58. The molecule has 0 saturated carbocycles. The number of hydrogen-bond acceptors (Lipinski definition) is 6. The summed E-state index contributed by atoms with van der Waals surface area (Å²) in [5, 5.41) is 3.20. The van der Waals surface area contributed by atoms with Gasteiger partial charge in [-0.3, -0.25) is 4.79 Å². The summed E-state index contributed by atoms with van der Waals surface area (Å²) in [6, 6.07) is 10.8. The normalized spacial score (nSPS) is 13.9. The molecule has 1 saturated heterocycles. The zero-order valence-corrected chi connectivity index (χ0v) is 18.1. The second-order valence-electron chi connectivity index (χ2n) is 6.99. The Kier molecular flexibility index (Phi) is 6.99. The Hall–Kier alpha value is -2.58. The van der Waals surface area contributed by atoms with Crippen LogP contribution in [0.25, 0.3) is 0 Å². The van der Waals surface area contributed by atoms with Gasteiger partial charge in [-0.25, -0.2) is 13.2 Å². The number of sulfone groups is 1. The van der Waals surface area contributed by atoms with Gasteiger partial charge in [-0.15, -0.1) is 0 Å². The van der Waals surface area contributed by atoms with Gasteiger partial charge < -0.3 is 15.0 Å². The fourth-order valence-corrected chi connectivity index (χ4v) is 4.68. The lowest BCUT2D eigenvalue weighted by Gasteiger charge is -2.22. The third-order valence-electron chi connectivity index (χ3n) is 4.91. The lowest BCUT2D eigenvalue weighted by Crippen LogP contribution is -2.22. The first-order valence-electron chi connectivity index (χ1n) is 9.55. The van der Waals surface area contributed by atoms with Crippen LogP contribution in [-0.2, 0) is 19.4 Å². The van der Waals surface area contributed by atoms with E-state index in [9.17, 15) is 18.0 Å². The Morgan fingerprint density at radius 2 is 1.77 bits per heavy atom. The van der Waals surface area contributed by atoms with Crippen molar-refractivity contribution in [2.24, 2.45) is 0 Å². The van der Waals surface area contributed by atoms with Gasteiger partial charge in [0.2, 0.25) is 5.91 Å². The number of carbonyl (C=O) groups is 2. The van der Waals surface area contributed by atoms with Crippen LogP contribution in [0.2, 0.25) is 5.02 Å². The van der Waals surface area contributed by atoms with Crippen LogP contribution in [0.1, 0.15) is 29.6 Å². The molecule has 3 rings (SSSR count).